The van der Waals surface area contributed by atoms with E-state index in [-0.39, 0.29) is 4.90 Å². The largest absolute Gasteiger partial charge is 0.320 e. The Hall–Kier alpha value is -0.980. The molecule has 0 spiro atoms. The Labute approximate surface area is 101 Å². The van der Waals surface area contributed by atoms with Crippen LogP contribution >= 0.6 is 0 Å². The van der Waals surface area contributed by atoms with Gasteiger partial charge >= 0.3 is 0 Å². The maximum Gasteiger partial charge on any atom is 0.240 e. The van der Waals surface area contributed by atoms with Crippen LogP contribution in [0.5, 0.6) is 0 Å². The van der Waals surface area contributed by atoms with Crippen LogP contribution in [0.15, 0.2) is 23.1 Å². The van der Waals surface area contributed by atoms with Crippen LogP contribution in [0, 0.1) is 12.7 Å². The Morgan fingerprint density at radius 1 is 1.29 bits per heavy atom. The molecule has 0 aliphatic rings. The molecule has 0 aromatic heterocycles. The normalized spacial score (nSPS) is 11.7. The van der Waals surface area contributed by atoms with Crippen molar-refractivity contribution >= 4 is 10.0 Å². The van der Waals surface area contributed by atoms with Gasteiger partial charge in [-0.05, 0) is 50.7 Å². The van der Waals surface area contributed by atoms with Crippen molar-refractivity contribution in [1.29, 1.82) is 0 Å². The Bertz CT molecular complexity index is 474. The summed E-state index contributed by atoms with van der Waals surface area (Å²) in [7, 11) is -1.72. The molecule has 1 rings (SSSR count). The Kier molecular flexibility index (Phi) is 5.04. The molecule has 0 aliphatic heterocycles. The van der Waals surface area contributed by atoms with Crippen molar-refractivity contribution in [3.05, 3.63) is 29.6 Å². The van der Waals surface area contributed by atoms with Gasteiger partial charge in [-0.15, -0.1) is 0 Å². The third-order valence-electron chi connectivity index (χ3n) is 2.34. The molecule has 0 unspecified atom stereocenters. The fourth-order valence-electron chi connectivity index (χ4n) is 1.34. The highest BCUT2D eigenvalue weighted by molar-refractivity contribution is 7.89. The monoisotopic (exact) mass is 260 g/mol. The zero-order valence-electron chi connectivity index (χ0n) is 9.96. The summed E-state index contributed by atoms with van der Waals surface area (Å²) in [5, 5.41) is 2.93. The van der Waals surface area contributed by atoms with Gasteiger partial charge in [0.25, 0.3) is 0 Å². The molecule has 2 N–H and O–H groups in total. The van der Waals surface area contributed by atoms with E-state index in [1.54, 1.807) is 7.05 Å². The average molecular weight is 260 g/mol. The van der Waals surface area contributed by atoms with Crippen LogP contribution in [0.2, 0.25) is 0 Å². The number of halogens is 1. The van der Waals surface area contributed by atoms with Gasteiger partial charge in [-0.2, -0.15) is 0 Å². The van der Waals surface area contributed by atoms with Crippen molar-refractivity contribution in [2.24, 2.45) is 0 Å². The number of hydrogen-bond acceptors (Lipinski definition) is 3. The molecule has 0 aliphatic carbocycles. The highest BCUT2D eigenvalue weighted by atomic mass is 32.2. The van der Waals surface area contributed by atoms with Crippen LogP contribution in [0.3, 0.4) is 0 Å². The van der Waals surface area contributed by atoms with Crippen LogP contribution < -0.4 is 10.0 Å². The summed E-state index contributed by atoms with van der Waals surface area (Å²) < 4.78 is 39.1. The van der Waals surface area contributed by atoms with E-state index in [4.69, 9.17) is 0 Å². The molecule has 0 heterocycles. The van der Waals surface area contributed by atoms with Crippen LogP contribution in [-0.4, -0.2) is 28.6 Å². The summed E-state index contributed by atoms with van der Waals surface area (Å²) in [6, 6.07) is 3.76. The van der Waals surface area contributed by atoms with E-state index in [1.165, 1.54) is 19.1 Å². The standard InChI is InChI=1S/C11H17FN2O2S/c1-9-8-10(4-5-11(9)12)17(15,16)14-7-3-6-13-2/h4-5,8,13-14H,3,6-7H2,1-2H3. The second-order valence-electron chi connectivity index (χ2n) is 3.77. The van der Waals surface area contributed by atoms with Crippen molar-refractivity contribution in [2.75, 3.05) is 20.1 Å². The first-order valence-electron chi connectivity index (χ1n) is 5.38. The minimum Gasteiger partial charge on any atom is -0.320 e. The van der Waals surface area contributed by atoms with Crippen molar-refractivity contribution in [3.63, 3.8) is 0 Å². The number of aryl methyl sites for hydroxylation is 1. The molecule has 0 fully saturated rings. The second kappa shape index (κ2) is 6.09. The topological polar surface area (TPSA) is 58.2 Å². The van der Waals surface area contributed by atoms with Crippen LogP contribution in [0.1, 0.15) is 12.0 Å². The maximum atomic E-state index is 13.0. The van der Waals surface area contributed by atoms with Gasteiger partial charge < -0.3 is 5.32 Å². The van der Waals surface area contributed by atoms with E-state index >= 15 is 0 Å². The van der Waals surface area contributed by atoms with Crippen molar-refractivity contribution in [3.8, 4) is 0 Å². The van der Waals surface area contributed by atoms with Gasteiger partial charge in [-0.1, -0.05) is 0 Å². The van der Waals surface area contributed by atoms with Crippen molar-refractivity contribution < 1.29 is 12.8 Å². The van der Waals surface area contributed by atoms with E-state index in [0.717, 1.165) is 12.6 Å². The zero-order valence-corrected chi connectivity index (χ0v) is 10.8. The van der Waals surface area contributed by atoms with E-state index < -0.39 is 15.8 Å². The fraction of sp³-hybridized carbons (Fsp3) is 0.455. The van der Waals surface area contributed by atoms with Gasteiger partial charge in [-0.3, -0.25) is 0 Å². The van der Waals surface area contributed by atoms with Crippen molar-refractivity contribution in [1.82, 2.24) is 10.0 Å². The van der Waals surface area contributed by atoms with Gasteiger partial charge in [0.2, 0.25) is 10.0 Å². The third-order valence-corrected chi connectivity index (χ3v) is 3.79. The molecule has 96 valence electrons. The number of hydrogen-bond donors (Lipinski definition) is 2. The van der Waals surface area contributed by atoms with Gasteiger partial charge in [0.15, 0.2) is 0 Å². The summed E-state index contributed by atoms with van der Waals surface area (Å²) >= 11 is 0. The molecule has 1 aromatic rings. The number of benzene rings is 1. The lowest BCUT2D eigenvalue weighted by Gasteiger charge is -2.07. The highest BCUT2D eigenvalue weighted by Crippen LogP contribution is 2.13. The van der Waals surface area contributed by atoms with Gasteiger partial charge in [0.1, 0.15) is 5.82 Å². The smallest absolute Gasteiger partial charge is 0.240 e. The Balaban J connectivity index is 2.72. The van der Waals surface area contributed by atoms with Crippen LogP contribution in [0.25, 0.3) is 0 Å². The molecule has 0 bridgehead atoms. The molecular formula is C11H17FN2O2S. The van der Waals surface area contributed by atoms with E-state index in [1.807, 2.05) is 0 Å². The lowest BCUT2D eigenvalue weighted by molar-refractivity contribution is 0.576. The SMILES string of the molecule is CNCCCNS(=O)(=O)c1ccc(F)c(C)c1. The lowest BCUT2D eigenvalue weighted by atomic mass is 10.2. The zero-order chi connectivity index (χ0) is 12.9. The van der Waals surface area contributed by atoms with E-state index in [0.29, 0.717) is 18.5 Å². The van der Waals surface area contributed by atoms with Gasteiger partial charge in [0, 0.05) is 6.54 Å². The molecule has 0 radical (unpaired) electrons. The second-order valence-corrected chi connectivity index (χ2v) is 5.53. The summed E-state index contributed by atoms with van der Waals surface area (Å²) in [6.45, 7) is 2.64. The first kappa shape index (κ1) is 14.1. The maximum absolute atomic E-state index is 13.0. The fourth-order valence-corrected chi connectivity index (χ4v) is 2.50. The Morgan fingerprint density at radius 2 is 2.00 bits per heavy atom. The summed E-state index contributed by atoms with van der Waals surface area (Å²) in [5.41, 5.74) is 0.322. The minimum absolute atomic E-state index is 0.0980. The first-order valence-corrected chi connectivity index (χ1v) is 6.86. The summed E-state index contributed by atoms with van der Waals surface area (Å²) in [6.07, 6.45) is 0.704. The first-order chi connectivity index (χ1) is 7.97. The summed E-state index contributed by atoms with van der Waals surface area (Å²) in [4.78, 5) is 0.0980. The number of rotatable bonds is 6. The quantitative estimate of drug-likeness (QED) is 0.751. The molecule has 0 saturated carbocycles. The van der Waals surface area contributed by atoms with Gasteiger partial charge in [-0.25, -0.2) is 17.5 Å². The van der Waals surface area contributed by atoms with E-state index in [9.17, 15) is 12.8 Å². The molecule has 0 atom stereocenters. The average Bonchev–Trinajstić information content (AvgIpc) is 2.28. The molecule has 17 heavy (non-hydrogen) atoms. The van der Waals surface area contributed by atoms with Crippen molar-refractivity contribution in [2.45, 2.75) is 18.2 Å². The molecule has 1 aromatic carbocycles. The molecule has 6 heteroatoms. The molecular weight excluding hydrogens is 243 g/mol. The lowest BCUT2D eigenvalue weighted by Crippen LogP contribution is -2.26. The molecule has 0 amide bonds. The molecule has 0 saturated heterocycles. The molecule has 4 nitrogen and oxygen atoms in total. The van der Waals surface area contributed by atoms with Crippen LogP contribution in [-0.2, 0) is 10.0 Å². The van der Waals surface area contributed by atoms with Crippen LogP contribution in [0.4, 0.5) is 4.39 Å². The van der Waals surface area contributed by atoms with E-state index in [2.05, 4.69) is 10.0 Å². The number of nitrogens with one attached hydrogen (secondary N) is 2. The predicted molar refractivity (Wildman–Crippen MR) is 64.9 cm³/mol. The van der Waals surface area contributed by atoms with Gasteiger partial charge in [0.05, 0.1) is 4.90 Å². The number of sulfonamides is 1. The minimum atomic E-state index is -3.52. The predicted octanol–water partition coefficient (Wildman–Crippen LogP) is 1.02. The summed E-state index contributed by atoms with van der Waals surface area (Å²) in [5.74, 6) is -0.404. The highest BCUT2D eigenvalue weighted by Gasteiger charge is 2.14. The third kappa shape index (κ3) is 4.07. The Morgan fingerprint density at radius 3 is 2.59 bits per heavy atom.